The van der Waals surface area contributed by atoms with E-state index in [1.807, 2.05) is 17.2 Å². The number of benzene rings is 1. The number of hydrogen-bond acceptors (Lipinski definition) is 5. The summed E-state index contributed by atoms with van der Waals surface area (Å²) < 4.78 is 0. The lowest BCUT2D eigenvalue weighted by Crippen LogP contribution is -2.52. The molecule has 2 aliphatic heterocycles. The Bertz CT molecular complexity index is 1040. The molecule has 6 nitrogen and oxygen atoms in total. The van der Waals surface area contributed by atoms with Crippen molar-refractivity contribution in [1.29, 1.82) is 0 Å². The van der Waals surface area contributed by atoms with Gasteiger partial charge in [-0.3, -0.25) is 9.69 Å². The zero-order valence-corrected chi connectivity index (χ0v) is 20.0. The monoisotopic (exact) mass is 445 g/mol. The summed E-state index contributed by atoms with van der Waals surface area (Å²) >= 11 is 0. The summed E-state index contributed by atoms with van der Waals surface area (Å²) in [6, 6.07) is 7.14. The topological polar surface area (TPSA) is 52.6 Å². The zero-order valence-electron chi connectivity index (χ0n) is 20.0. The van der Waals surface area contributed by atoms with Gasteiger partial charge in [-0.25, -0.2) is 9.97 Å². The van der Waals surface area contributed by atoms with Gasteiger partial charge >= 0.3 is 0 Å². The van der Waals surface area contributed by atoms with Crippen molar-refractivity contribution in [1.82, 2.24) is 19.8 Å². The van der Waals surface area contributed by atoms with Gasteiger partial charge in [-0.1, -0.05) is 30.2 Å². The van der Waals surface area contributed by atoms with Crippen molar-refractivity contribution in [2.24, 2.45) is 0 Å². The number of carbonyl (C=O) groups is 1. The van der Waals surface area contributed by atoms with Gasteiger partial charge in [-0.05, 0) is 55.9 Å². The Morgan fingerprint density at radius 1 is 1.03 bits per heavy atom. The third-order valence-corrected chi connectivity index (χ3v) is 7.55. The van der Waals surface area contributed by atoms with Gasteiger partial charge in [0, 0.05) is 64.0 Å². The van der Waals surface area contributed by atoms with E-state index in [1.165, 1.54) is 36.0 Å². The van der Waals surface area contributed by atoms with Crippen LogP contribution in [0, 0.1) is 13.8 Å². The van der Waals surface area contributed by atoms with Crippen LogP contribution < -0.4 is 4.90 Å². The van der Waals surface area contributed by atoms with Gasteiger partial charge in [0.15, 0.2) is 0 Å². The molecule has 3 aliphatic rings. The van der Waals surface area contributed by atoms with E-state index < -0.39 is 0 Å². The second kappa shape index (κ2) is 9.64. The SMILES string of the molecule is Cc1ccc(C)c(/C=C/C(=O)N2CCc3cnc(N4CCN(C5CCC5)CC4)nc3CC2)c1. The summed E-state index contributed by atoms with van der Waals surface area (Å²) in [4.78, 5) is 29.5. The minimum absolute atomic E-state index is 0.0732. The third kappa shape index (κ3) is 4.96. The number of fused-ring (bicyclic) bond motifs is 1. The van der Waals surface area contributed by atoms with Gasteiger partial charge in [0.1, 0.15) is 0 Å². The predicted molar refractivity (Wildman–Crippen MR) is 132 cm³/mol. The molecule has 0 N–H and O–H groups in total. The number of anilines is 1. The van der Waals surface area contributed by atoms with E-state index in [1.54, 1.807) is 6.08 Å². The molecule has 0 spiro atoms. The number of aryl methyl sites for hydroxylation is 2. The van der Waals surface area contributed by atoms with E-state index in [0.717, 1.165) is 62.3 Å². The molecule has 2 fully saturated rings. The first-order chi connectivity index (χ1) is 16.1. The van der Waals surface area contributed by atoms with E-state index in [2.05, 4.69) is 41.8 Å². The fourth-order valence-electron chi connectivity index (χ4n) is 5.08. The lowest BCUT2D eigenvalue weighted by atomic mass is 9.91. The van der Waals surface area contributed by atoms with Gasteiger partial charge in [0.2, 0.25) is 11.9 Å². The maximum absolute atomic E-state index is 12.9. The largest absolute Gasteiger partial charge is 0.338 e. The first kappa shape index (κ1) is 22.1. The summed E-state index contributed by atoms with van der Waals surface area (Å²) in [5.41, 5.74) is 5.78. The van der Waals surface area contributed by atoms with E-state index in [-0.39, 0.29) is 5.91 Å². The number of nitrogens with zero attached hydrogens (tertiary/aromatic N) is 5. The summed E-state index contributed by atoms with van der Waals surface area (Å²) in [7, 11) is 0. The minimum atomic E-state index is 0.0732. The number of rotatable bonds is 4. The molecular weight excluding hydrogens is 410 g/mol. The number of carbonyl (C=O) groups excluding carboxylic acids is 1. The fourth-order valence-corrected chi connectivity index (χ4v) is 5.08. The summed E-state index contributed by atoms with van der Waals surface area (Å²) in [6.07, 6.45) is 11.4. The van der Waals surface area contributed by atoms with Crippen LogP contribution in [0.5, 0.6) is 0 Å². The van der Waals surface area contributed by atoms with Gasteiger partial charge < -0.3 is 9.80 Å². The van der Waals surface area contributed by atoms with Crippen molar-refractivity contribution >= 4 is 17.9 Å². The Balaban J connectivity index is 1.20. The molecule has 2 aromatic rings. The molecule has 1 saturated carbocycles. The van der Waals surface area contributed by atoms with Crippen LogP contribution in [0.4, 0.5) is 5.95 Å². The molecule has 0 radical (unpaired) electrons. The quantitative estimate of drug-likeness (QED) is 0.675. The molecule has 5 rings (SSSR count). The molecule has 1 saturated heterocycles. The smallest absolute Gasteiger partial charge is 0.246 e. The van der Waals surface area contributed by atoms with Crippen molar-refractivity contribution < 1.29 is 4.79 Å². The van der Waals surface area contributed by atoms with Crippen molar-refractivity contribution in [2.75, 3.05) is 44.2 Å². The normalized spacial score (nSPS) is 19.9. The molecule has 0 unspecified atom stereocenters. The molecule has 0 bridgehead atoms. The molecule has 3 heterocycles. The Morgan fingerprint density at radius 2 is 1.82 bits per heavy atom. The maximum atomic E-state index is 12.9. The molecule has 6 heteroatoms. The number of aromatic nitrogens is 2. The van der Waals surface area contributed by atoms with Gasteiger partial charge in [-0.2, -0.15) is 0 Å². The van der Waals surface area contributed by atoms with Crippen LogP contribution in [0.2, 0.25) is 0 Å². The average molecular weight is 446 g/mol. The van der Waals surface area contributed by atoms with E-state index >= 15 is 0 Å². The Kier molecular flexibility index (Phi) is 6.45. The second-order valence-corrected chi connectivity index (χ2v) is 9.77. The van der Waals surface area contributed by atoms with Crippen LogP contribution in [0.3, 0.4) is 0 Å². The van der Waals surface area contributed by atoms with Crippen LogP contribution in [0.1, 0.15) is 47.2 Å². The number of hydrogen-bond donors (Lipinski definition) is 0. The standard InChI is InChI=1S/C27H35N5O/c1-20-6-7-21(2)22(18-20)8-9-26(33)31-12-10-23-19-28-27(29-25(23)11-13-31)32-16-14-30(15-17-32)24-4-3-5-24/h6-9,18-19,24H,3-5,10-17H2,1-2H3/b9-8+. The predicted octanol–water partition coefficient (Wildman–Crippen LogP) is 3.41. The first-order valence-electron chi connectivity index (χ1n) is 12.4. The molecular formula is C27H35N5O. The summed E-state index contributed by atoms with van der Waals surface area (Å²) in [5, 5.41) is 0. The van der Waals surface area contributed by atoms with Crippen LogP contribution >= 0.6 is 0 Å². The van der Waals surface area contributed by atoms with Crippen molar-refractivity contribution in [2.45, 2.75) is 52.0 Å². The van der Waals surface area contributed by atoms with Crippen molar-refractivity contribution in [3.05, 3.63) is 58.4 Å². The van der Waals surface area contributed by atoms with Gasteiger partial charge in [-0.15, -0.1) is 0 Å². The molecule has 174 valence electrons. The van der Waals surface area contributed by atoms with E-state index in [9.17, 15) is 4.79 Å². The Labute approximate surface area is 197 Å². The molecule has 0 atom stereocenters. The Morgan fingerprint density at radius 3 is 2.58 bits per heavy atom. The molecule has 1 aliphatic carbocycles. The first-order valence-corrected chi connectivity index (χ1v) is 12.4. The third-order valence-electron chi connectivity index (χ3n) is 7.55. The number of piperazine rings is 1. The van der Waals surface area contributed by atoms with Crippen molar-refractivity contribution in [3.63, 3.8) is 0 Å². The lowest BCUT2D eigenvalue weighted by Gasteiger charge is -2.43. The van der Waals surface area contributed by atoms with Crippen LogP contribution in [-0.2, 0) is 17.6 Å². The number of amides is 1. The van der Waals surface area contributed by atoms with Crippen LogP contribution in [0.25, 0.3) is 6.08 Å². The molecule has 1 aromatic carbocycles. The van der Waals surface area contributed by atoms with Gasteiger partial charge in [0.25, 0.3) is 0 Å². The zero-order chi connectivity index (χ0) is 22.8. The van der Waals surface area contributed by atoms with Crippen LogP contribution in [0.15, 0.2) is 30.5 Å². The van der Waals surface area contributed by atoms with E-state index in [0.29, 0.717) is 13.1 Å². The molecule has 33 heavy (non-hydrogen) atoms. The van der Waals surface area contributed by atoms with E-state index in [4.69, 9.17) is 9.97 Å². The highest BCUT2D eigenvalue weighted by Crippen LogP contribution is 2.26. The lowest BCUT2D eigenvalue weighted by molar-refractivity contribution is -0.125. The molecule has 1 amide bonds. The maximum Gasteiger partial charge on any atom is 0.246 e. The highest BCUT2D eigenvalue weighted by atomic mass is 16.2. The highest BCUT2D eigenvalue weighted by molar-refractivity contribution is 5.92. The second-order valence-electron chi connectivity index (χ2n) is 9.77. The highest BCUT2D eigenvalue weighted by Gasteiger charge is 2.29. The summed E-state index contributed by atoms with van der Waals surface area (Å²) in [6.45, 7) is 9.80. The van der Waals surface area contributed by atoms with Crippen LogP contribution in [-0.4, -0.2) is 71.0 Å². The Hall–Kier alpha value is -2.73. The fraction of sp³-hybridized carbons (Fsp3) is 0.519. The van der Waals surface area contributed by atoms with Gasteiger partial charge in [0.05, 0.1) is 5.69 Å². The average Bonchev–Trinajstić information content (AvgIpc) is 3.01. The minimum Gasteiger partial charge on any atom is -0.338 e. The summed E-state index contributed by atoms with van der Waals surface area (Å²) in [5.74, 6) is 0.931. The molecule has 1 aromatic heterocycles. The van der Waals surface area contributed by atoms with Crippen molar-refractivity contribution in [3.8, 4) is 0 Å².